The summed E-state index contributed by atoms with van der Waals surface area (Å²) in [6.45, 7) is 8.25. The Morgan fingerprint density at radius 3 is 2.23 bits per heavy atom. The van der Waals surface area contributed by atoms with Gasteiger partial charge in [-0.1, -0.05) is 90.0 Å². The molecule has 2 amide bonds. The minimum absolute atomic E-state index is 0.0728. The minimum Gasteiger partial charge on any atom is -0.350 e. The van der Waals surface area contributed by atoms with Crippen molar-refractivity contribution in [3.8, 4) is 0 Å². The first kappa shape index (κ1) is 26.5. The van der Waals surface area contributed by atoms with Crippen LogP contribution >= 0.6 is 11.6 Å². The molecule has 0 aliphatic heterocycles. The van der Waals surface area contributed by atoms with Gasteiger partial charge in [0.05, 0.1) is 0 Å². The van der Waals surface area contributed by atoms with Crippen LogP contribution in [0, 0.1) is 6.92 Å². The van der Waals surface area contributed by atoms with Crippen LogP contribution in [-0.2, 0) is 29.0 Å². The summed E-state index contributed by atoms with van der Waals surface area (Å²) in [6.07, 6.45) is 1.22. The summed E-state index contributed by atoms with van der Waals surface area (Å²) >= 11 is 6.34. The van der Waals surface area contributed by atoms with Crippen LogP contribution in [0.25, 0.3) is 0 Å². The molecule has 5 heteroatoms. The van der Waals surface area contributed by atoms with E-state index in [1.807, 2.05) is 100 Å². The molecule has 0 heterocycles. The SMILES string of the molecule is Cc1cccc(CN(C(=O)CCc2ccccc2Cl)[C@H](Cc2ccccc2)C(=O)NC(C)(C)C)c1. The highest BCUT2D eigenvalue weighted by Crippen LogP contribution is 2.21. The van der Waals surface area contributed by atoms with Gasteiger partial charge in [-0.3, -0.25) is 9.59 Å². The molecule has 1 N–H and O–H groups in total. The number of halogens is 1. The lowest BCUT2D eigenvalue weighted by atomic mass is 9.99. The second kappa shape index (κ2) is 12.0. The molecule has 0 unspecified atom stereocenters. The largest absolute Gasteiger partial charge is 0.350 e. The molecule has 3 aromatic carbocycles. The summed E-state index contributed by atoms with van der Waals surface area (Å²) in [4.78, 5) is 29.0. The van der Waals surface area contributed by atoms with Gasteiger partial charge in [-0.2, -0.15) is 0 Å². The molecule has 0 aromatic heterocycles. The van der Waals surface area contributed by atoms with E-state index in [1.54, 1.807) is 4.90 Å². The van der Waals surface area contributed by atoms with Gasteiger partial charge in [-0.25, -0.2) is 0 Å². The predicted molar refractivity (Wildman–Crippen MR) is 143 cm³/mol. The van der Waals surface area contributed by atoms with Crippen molar-refractivity contribution >= 4 is 23.4 Å². The second-order valence-electron chi connectivity index (χ2n) is 10.0. The summed E-state index contributed by atoms with van der Waals surface area (Å²) < 4.78 is 0. The lowest BCUT2D eigenvalue weighted by molar-refractivity contribution is -0.141. The van der Waals surface area contributed by atoms with E-state index in [2.05, 4.69) is 11.4 Å². The van der Waals surface area contributed by atoms with Gasteiger partial charge in [0, 0.05) is 29.9 Å². The maximum absolute atomic E-state index is 13.7. The van der Waals surface area contributed by atoms with E-state index >= 15 is 0 Å². The van der Waals surface area contributed by atoms with Crippen molar-refractivity contribution in [3.63, 3.8) is 0 Å². The number of nitrogens with one attached hydrogen (secondary N) is 1. The van der Waals surface area contributed by atoms with Gasteiger partial charge in [0.15, 0.2) is 0 Å². The lowest BCUT2D eigenvalue weighted by Crippen LogP contribution is -2.54. The van der Waals surface area contributed by atoms with E-state index in [4.69, 9.17) is 11.6 Å². The standard InChI is InChI=1S/C30H35ClN2O2/c1-22-11-10-14-24(19-22)21-33(28(34)18-17-25-15-8-9-16-26(25)31)27(29(35)32-30(2,3)4)20-23-12-6-5-7-13-23/h5-16,19,27H,17-18,20-21H2,1-4H3,(H,32,35)/t27-/m1/s1. The highest BCUT2D eigenvalue weighted by atomic mass is 35.5. The summed E-state index contributed by atoms with van der Waals surface area (Å²) in [5.41, 5.74) is 3.63. The monoisotopic (exact) mass is 490 g/mol. The van der Waals surface area contributed by atoms with E-state index in [0.29, 0.717) is 24.4 Å². The van der Waals surface area contributed by atoms with Gasteiger partial charge >= 0.3 is 0 Å². The van der Waals surface area contributed by atoms with Crippen LogP contribution < -0.4 is 5.32 Å². The van der Waals surface area contributed by atoms with E-state index in [1.165, 1.54) is 0 Å². The van der Waals surface area contributed by atoms with Gasteiger partial charge in [0.25, 0.3) is 0 Å². The minimum atomic E-state index is -0.643. The number of amides is 2. The summed E-state index contributed by atoms with van der Waals surface area (Å²) in [5.74, 6) is -0.225. The molecule has 0 bridgehead atoms. The number of carbonyl (C=O) groups is 2. The second-order valence-corrected chi connectivity index (χ2v) is 10.5. The molecule has 0 aliphatic rings. The third-order valence-electron chi connectivity index (χ3n) is 5.77. The van der Waals surface area contributed by atoms with Crippen molar-refractivity contribution in [1.82, 2.24) is 10.2 Å². The smallest absolute Gasteiger partial charge is 0.243 e. The lowest BCUT2D eigenvalue weighted by Gasteiger charge is -2.34. The molecule has 0 radical (unpaired) electrons. The Morgan fingerprint density at radius 1 is 0.914 bits per heavy atom. The fraction of sp³-hybridized carbons (Fsp3) is 0.333. The van der Waals surface area contributed by atoms with Crippen molar-refractivity contribution in [3.05, 3.63) is 106 Å². The Bertz CT molecular complexity index is 1140. The van der Waals surface area contributed by atoms with E-state index < -0.39 is 11.6 Å². The fourth-order valence-corrected chi connectivity index (χ4v) is 4.33. The van der Waals surface area contributed by atoms with Crippen LogP contribution in [0.5, 0.6) is 0 Å². The Balaban J connectivity index is 1.94. The van der Waals surface area contributed by atoms with Crippen LogP contribution in [0.2, 0.25) is 5.02 Å². The number of nitrogens with zero attached hydrogens (tertiary/aromatic N) is 1. The Kier molecular flexibility index (Phi) is 9.11. The zero-order valence-corrected chi connectivity index (χ0v) is 21.8. The fourth-order valence-electron chi connectivity index (χ4n) is 4.10. The van der Waals surface area contributed by atoms with Crippen LogP contribution in [0.4, 0.5) is 0 Å². The maximum Gasteiger partial charge on any atom is 0.243 e. The Hall–Kier alpha value is -3.11. The van der Waals surface area contributed by atoms with Crippen molar-refractivity contribution in [1.29, 1.82) is 0 Å². The average Bonchev–Trinajstić information content (AvgIpc) is 2.80. The predicted octanol–water partition coefficient (Wildman–Crippen LogP) is 6.14. The molecule has 0 saturated carbocycles. The van der Waals surface area contributed by atoms with Crippen molar-refractivity contribution in [2.24, 2.45) is 0 Å². The van der Waals surface area contributed by atoms with Crippen LogP contribution in [0.3, 0.4) is 0 Å². The summed E-state index contributed by atoms with van der Waals surface area (Å²) in [6, 6.07) is 24.9. The van der Waals surface area contributed by atoms with E-state index in [-0.39, 0.29) is 18.2 Å². The molecule has 1 atom stereocenters. The third-order valence-corrected chi connectivity index (χ3v) is 6.14. The van der Waals surface area contributed by atoms with Crippen LogP contribution in [0.1, 0.15) is 49.4 Å². The molecule has 0 fully saturated rings. The first-order chi connectivity index (χ1) is 16.6. The van der Waals surface area contributed by atoms with Crippen LogP contribution in [-0.4, -0.2) is 28.3 Å². The van der Waals surface area contributed by atoms with Crippen molar-refractivity contribution in [2.75, 3.05) is 0 Å². The number of benzene rings is 3. The zero-order chi connectivity index (χ0) is 25.4. The summed E-state index contributed by atoms with van der Waals surface area (Å²) in [5, 5.41) is 3.75. The average molecular weight is 491 g/mol. The highest BCUT2D eigenvalue weighted by Gasteiger charge is 2.32. The Labute approximate surface area is 214 Å². The first-order valence-corrected chi connectivity index (χ1v) is 12.4. The highest BCUT2D eigenvalue weighted by molar-refractivity contribution is 6.31. The van der Waals surface area contributed by atoms with Gasteiger partial charge in [0.2, 0.25) is 11.8 Å². The molecule has 35 heavy (non-hydrogen) atoms. The number of carbonyl (C=O) groups excluding carboxylic acids is 2. The third kappa shape index (κ3) is 8.25. The quantitative estimate of drug-likeness (QED) is 0.392. The van der Waals surface area contributed by atoms with Gasteiger partial charge < -0.3 is 10.2 Å². The number of rotatable bonds is 9. The van der Waals surface area contributed by atoms with Gasteiger partial charge in [-0.05, 0) is 56.9 Å². The molecular weight excluding hydrogens is 456 g/mol. The van der Waals surface area contributed by atoms with Gasteiger partial charge in [0.1, 0.15) is 6.04 Å². The first-order valence-electron chi connectivity index (χ1n) is 12.1. The van der Waals surface area contributed by atoms with E-state index in [0.717, 1.165) is 22.3 Å². The van der Waals surface area contributed by atoms with Crippen molar-refractivity contribution < 1.29 is 9.59 Å². The molecule has 4 nitrogen and oxygen atoms in total. The van der Waals surface area contributed by atoms with Crippen LogP contribution in [0.15, 0.2) is 78.9 Å². The van der Waals surface area contributed by atoms with Crippen molar-refractivity contribution in [2.45, 2.75) is 65.1 Å². The zero-order valence-electron chi connectivity index (χ0n) is 21.1. The maximum atomic E-state index is 13.7. The molecule has 3 aromatic rings. The normalized spacial score (nSPS) is 12.1. The molecule has 0 spiro atoms. The molecule has 0 saturated heterocycles. The number of hydrogen-bond donors (Lipinski definition) is 1. The number of hydrogen-bond acceptors (Lipinski definition) is 2. The van der Waals surface area contributed by atoms with Gasteiger partial charge in [-0.15, -0.1) is 0 Å². The number of aryl methyl sites for hydroxylation is 2. The summed E-state index contributed by atoms with van der Waals surface area (Å²) in [7, 11) is 0. The molecule has 0 aliphatic carbocycles. The topological polar surface area (TPSA) is 49.4 Å². The Morgan fingerprint density at radius 2 is 1.57 bits per heavy atom. The molecule has 3 rings (SSSR count). The molecule has 184 valence electrons. The van der Waals surface area contributed by atoms with E-state index in [9.17, 15) is 9.59 Å². The molecular formula is C30H35ClN2O2.